The van der Waals surface area contributed by atoms with Crippen LogP contribution in [-0.2, 0) is 9.53 Å². The number of hydrogen-bond acceptors (Lipinski definition) is 3. The van der Waals surface area contributed by atoms with Crippen molar-refractivity contribution in [2.75, 3.05) is 26.3 Å². The number of nitrogens with two attached hydrogens (primary N) is 1. The van der Waals surface area contributed by atoms with Crippen LogP contribution in [0.4, 0.5) is 0 Å². The Hall–Kier alpha value is -0.870. The number of ether oxygens (including phenoxy) is 1. The monoisotopic (exact) mass is 312 g/mol. The van der Waals surface area contributed by atoms with Crippen molar-refractivity contribution in [2.24, 2.45) is 11.7 Å². The van der Waals surface area contributed by atoms with Gasteiger partial charge < -0.3 is 15.8 Å². The molecule has 1 aliphatic heterocycles. The Balaban J connectivity index is 0.000000604. The van der Waals surface area contributed by atoms with Crippen molar-refractivity contribution in [3.05, 3.63) is 12.7 Å². The summed E-state index contributed by atoms with van der Waals surface area (Å²) in [7, 11) is 0. The summed E-state index contributed by atoms with van der Waals surface area (Å²) in [6.45, 7) is 9.71. The zero-order valence-electron chi connectivity index (χ0n) is 14.4. The first kappa shape index (κ1) is 21.1. The lowest BCUT2D eigenvalue weighted by Gasteiger charge is -2.13. The number of allylic oxidation sites excluding steroid dienone is 1. The maximum Gasteiger partial charge on any atom is 0.217 e. The van der Waals surface area contributed by atoms with Gasteiger partial charge in [-0.25, -0.2) is 0 Å². The van der Waals surface area contributed by atoms with Gasteiger partial charge in [0.15, 0.2) is 0 Å². The highest BCUT2D eigenvalue weighted by Gasteiger charge is 2.10. The summed E-state index contributed by atoms with van der Waals surface area (Å²) in [5, 5.41) is 3.16. The van der Waals surface area contributed by atoms with Gasteiger partial charge in [0.25, 0.3) is 0 Å². The van der Waals surface area contributed by atoms with Crippen LogP contribution < -0.4 is 11.1 Å². The van der Waals surface area contributed by atoms with E-state index in [1.165, 1.54) is 25.7 Å². The number of rotatable bonds is 11. The third kappa shape index (κ3) is 15.5. The Morgan fingerprint density at radius 2 is 1.91 bits per heavy atom. The predicted octanol–water partition coefficient (Wildman–Crippen LogP) is 3.41. The smallest absolute Gasteiger partial charge is 0.217 e. The van der Waals surface area contributed by atoms with Crippen LogP contribution in [0, 0.1) is 5.92 Å². The number of unbranched alkanes of at least 4 members (excludes halogenated alkanes) is 4. The first-order chi connectivity index (χ1) is 10.7. The van der Waals surface area contributed by atoms with Crippen LogP contribution in [0.2, 0.25) is 0 Å². The van der Waals surface area contributed by atoms with Gasteiger partial charge in [-0.05, 0) is 25.2 Å². The van der Waals surface area contributed by atoms with E-state index in [1.807, 2.05) is 6.08 Å². The molecule has 1 atom stereocenters. The molecule has 4 nitrogen and oxygen atoms in total. The molecule has 0 aromatic carbocycles. The van der Waals surface area contributed by atoms with Gasteiger partial charge in [-0.1, -0.05) is 45.1 Å². The molecule has 4 heteroatoms. The molecule has 0 aromatic rings. The van der Waals surface area contributed by atoms with E-state index in [2.05, 4.69) is 18.8 Å². The number of hydrogen-bond donors (Lipinski definition) is 2. The Morgan fingerprint density at radius 1 is 1.23 bits per heavy atom. The standard InChI is InChI=1S/C14H27NO.C4H9NO/c1-3-5-6-7-8-9-11-13(10-4-2)12-14(15)16;1-3-6-4-2-5-1/h3,13H,1,4-12H2,2H3,(H2,15,16);5H,1-4H2. The minimum absolute atomic E-state index is 0.148. The molecular weight excluding hydrogens is 276 g/mol. The van der Waals surface area contributed by atoms with Crippen molar-refractivity contribution in [3.63, 3.8) is 0 Å². The number of amides is 1. The van der Waals surface area contributed by atoms with E-state index >= 15 is 0 Å². The minimum Gasteiger partial charge on any atom is -0.379 e. The molecule has 0 bridgehead atoms. The molecule has 0 aliphatic carbocycles. The van der Waals surface area contributed by atoms with Crippen LogP contribution in [0.5, 0.6) is 0 Å². The third-order valence-electron chi connectivity index (χ3n) is 3.80. The molecule has 1 aliphatic rings. The maximum atomic E-state index is 10.9. The average molecular weight is 312 g/mol. The summed E-state index contributed by atoms with van der Waals surface area (Å²) >= 11 is 0. The molecule has 0 aromatic heterocycles. The first-order valence-electron chi connectivity index (χ1n) is 8.88. The number of primary amides is 1. The molecule has 22 heavy (non-hydrogen) atoms. The van der Waals surface area contributed by atoms with E-state index in [0.29, 0.717) is 12.3 Å². The summed E-state index contributed by atoms with van der Waals surface area (Å²) < 4.78 is 5.01. The average Bonchev–Trinajstić information content (AvgIpc) is 2.52. The highest BCUT2D eigenvalue weighted by molar-refractivity contribution is 5.73. The lowest BCUT2D eigenvalue weighted by atomic mass is 9.93. The lowest BCUT2D eigenvalue weighted by molar-refractivity contribution is -0.119. The quantitative estimate of drug-likeness (QED) is 0.454. The fraction of sp³-hybridized carbons (Fsp3) is 0.833. The predicted molar refractivity (Wildman–Crippen MR) is 93.8 cm³/mol. The molecule has 0 saturated carbocycles. The molecule has 1 heterocycles. The van der Waals surface area contributed by atoms with Crippen LogP contribution in [0.15, 0.2) is 12.7 Å². The van der Waals surface area contributed by atoms with Crippen LogP contribution in [0.25, 0.3) is 0 Å². The van der Waals surface area contributed by atoms with Gasteiger partial charge in [0.2, 0.25) is 5.91 Å². The number of nitrogens with one attached hydrogen (secondary N) is 1. The van der Waals surface area contributed by atoms with Gasteiger partial charge in [-0.2, -0.15) is 0 Å². The van der Waals surface area contributed by atoms with E-state index in [9.17, 15) is 4.79 Å². The topological polar surface area (TPSA) is 64.3 Å². The number of carbonyl (C=O) groups excluding carboxylic acids is 1. The normalized spacial score (nSPS) is 15.5. The Kier molecular flexibility index (Phi) is 15.8. The molecule has 1 fully saturated rings. The molecular formula is C18H36N2O2. The van der Waals surface area contributed by atoms with Crippen LogP contribution in [0.1, 0.15) is 64.7 Å². The Bertz CT molecular complexity index is 254. The van der Waals surface area contributed by atoms with E-state index in [-0.39, 0.29) is 5.91 Å². The summed E-state index contributed by atoms with van der Waals surface area (Å²) in [6, 6.07) is 0. The van der Waals surface area contributed by atoms with Gasteiger partial charge in [0.05, 0.1) is 13.2 Å². The largest absolute Gasteiger partial charge is 0.379 e. The number of carbonyl (C=O) groups is 1. The summed E-state index contributed by atoms with van der Waals surface area (Å²) in [5.41, 5.74) is 5.24. The zero-order valence-corrected chi connectivity index (χ0v) is 14.4. The second-order valence-corrected chi connectivity index (χ2v) is 5.97. The van der Waals surface area contributed by atoms with Gasteiger partial charge >= 0.3 is 0 Å². The second kappa shape index (κ2) is 16.5. The molecule has 1 amide bonds. The molecule has 130 valence electrons. The SMILES string of the molecule is C1COCCN1.C=CCCCCCCC(CCC)CC(N)=O. The highest BCUT2D eigenvalue weighted by Crippen LogP contribution is 2.19. The molecule has 1 unspecified atom stereocenters. The van der Waals surface area contributed by atoms with Crippen LogP contribution in [-0.4, -0.2) is 32.2 Å². The highest BCUT2D eigenvalue weighted by atomic mass is 16.5. The molecule has 0 radical (unpaired) electrons. The van der Waals surface area contributed by atoms with Gasteiger partial charge in [-0.15, -0.1) is 6.58 Å². The van der Waals surface area contributed by atoms with Crippen molar-refractivity contribution >= 4 is 5.91 Å². The lowest BCUT2D eigenvalue weighted by Crippen LogP contribution is -2.30. The molecule has 1 saturated heterocycles. The number of morpholine rings is 1. The van der Waals surface area contributed by atoms with Crippen LogP contribution >= 0.6 is 0 Å². The fourth-order valence-electron chi connectivity index (χ4n) is 2.63. The summed E-state index contributed by atoms with van der Waals surface area (Å²) in [4.78, 5) is 10.9. The zero-order chi connectivity index (χ0) is 16.5. The van der Waals surface area contributed by atoms with Gasteiger partial charge in [0.1, 0.15) is 0 Å². The van der Waals surface area contributed by atoms with E-state index in [0.717, 1.165) is 52.0 Å². The van der Waals surface area contributed by atoms with E-state index in [1.54, 1.807) is 0 Å². The maximum absolute atomic E-state index is 10.9. The van der Waals surface area contributed by atoms with Crippen molar-refractivity contribution in [2.45, 2.75) is 64.7 Å². The van der Waals surface area contributed by atoms with Crippen molar-refractivity contribution in [1.29, 1.82) is 0 Å². The fourth-order valence-corrected chi connectivity index (χ4v) is 2.63. The van der Waals surface area contributed by atoms with Gasteiger partial charge in [0, 0.05) is 19.5 Å². The second-order valence-electron chi connectivity index (χ2n) is 5.97. The molecule has 3 N–H and O–H groups in total. The summed E-state index contributed by atoms with van der Waals surface area (Å²) in [5.74, 6) is 0.368. The Labute approximate surface area is 136 Å². The minimum atomic E-state index is -0.148. The molecule has 1 rings (SSSR count). The van der Waals surface area contributed by atoms with E-state index < -0.39 is 0 Å². The van der Waals surface area contributed by atoms with Gasteiger partial charge in [-0.3, -0.25) is 4.79 Å². The van der Waals surface area contributed by atoms with Crippen molar-refractivity contribution in [3.8, 4) is 0 Å². The van der Waals surface area contributed by atoms with E-state index in [4.69, 9.17) is 10.5 Å². The van der Waals surface area contributed by atoms with Crippen LogP contribution in [0.3, 0.4) is 0 Å². The van der Waals surface area contributed by atoms with Crippen molar-refractivity contribution < 1.29 is 9.53 Å². The third-order valence-corrected chi connectivity index (χ3v) is 3.80. The first-order valence-corrected chi connectivity index (χ1v) is 8.88. The summed E-state index contributed by atoms with van der Waals surface area (Å²) in [6.07, 6.45) is 12.1. The van der Waals surface area contributed by atoms with Crippen molar-refractivity contribution in [1.82, 2.24) is 5.32 Å². The molecule has 0 spiro atoms. The Morgan fingerprint density at radius 3 is 2.36 bits per heavy atom.